The van der Waals surface area contributed by atoms with Crippen molar-refractivity contribution < 1.29 is 30.0 Å². The van der Waals surface area contributed by atoms with Gasteiger partial charge < -0.3 is 25.2 Å². The first-order valence-electron chi connectivity index (χ1n) is 5.06. The lowest BCUT2D eigenvalue weighted by molar-refractivity contribution is -0.0587. The van der Waals surface area contributed by atoms with Crippen LogP contribution in [0.25, 0.3) is 0 Å². The van der Waals surface area contributed by atoms with Gasteiger partial charge in [0.05, 0.1) is 10.2 Å². The number of halogens is 1. The third kappa shape index (κ3) is 2.23. The average Bonchev–Trinajstić information content (AvgIpc) is 2.82. The lowest BCUT2D eigenvalue weighted by Gasteiger charge is -2.14. The molecule has 0 spiro atoms. The number of carboxylic acid groups (broad SMARTS) is 1. The van der Waals surface area contributed by atoms with Crippen LogP contribution in [0.3, 0.4) is 0 Å². The highest BCUT2D eigenvalue weighted by molar-refractivity contribution is 14.1. The predicted molar refractivity (Wildman–Crippen MR) is 64.9 cm³/mol. The second kappa shape index (κ2) is 5.09. The molecule has 4 N–H and O–H groups in total. The standard InChI is InChI=1S/C9H11IN2O6/c10-3-1-12(11-5(3)9(16)17)8-7(15)6(14)4(2-13)18-8/h1,4,6-8,13-15H,2H2,(H,16,17)/t4-,6-,7-,8-/m1/s1. The largest absolute Gasteiger partial charge is 0.476 e. The van der Waals surface area contributed by atoms with E-state index in [0.29, 0.717) is 3.57 Å². The van der Waals surface area contributed by atoms with Crippen molar-refractivity contribution in [2.75, 3.05) is 6.61 Å². The molecule has 4 atom stereocenters. The third-order valence-electron chi connectivity index (χ3n) is 2.67. The normalized spacial score (nSPS) is 31.8. The van der Waals surface area contributed by atoms with Crippen molar-refractivity contribution in [3.8, 4) is 0 Å². The van der Waals surface area contributed by atoms with Gasteiger partial charge >= 0.3 is 5.97 Å². The lowest BCUT2D eigenvalue weighted by Crippen LogP contribution is -2.33. The van der Waals surface area contributed by atoms with E-state index in [1.807, 2.05) is 0 Å². The van der Waals surface area contributed by atoms with Crippen molar-refractivity contribution in [3.63, 3.8) is 0 Å². The van der Waals surface area contributed by atoms with Gasteiger partial charge in [0.25, 0.3) is 0 Å². The van der Waals surface area contributed by atoms with Crippen LogP contribution in [0, 0.1) is 3.57 Å². The molecule has 0 saturated carbocycles. The monoisotopic (exact) mass is 370 g/mol. The fourth-order valence-corrected chi connectivity index (χ4v) is 2.37. The number of aliphatic hydroxyl groups is 3. The molecule has 2 rings (SSSR count). The first kappa shape index (κ1) is 13.7. The number of nitrogens with zero attached hydrogens (tertiary/aromatic N) is 2. The zero-order valence-corrected chi connectivity index (χ0v) is 11.1. The summed E-state index contributed by atoms with van der Waals surface area (Å²) in [6.07, 6.45) is -3.06. The molecule has 1 aromatic heterocycles. The van der Waals surface area contributed by atoms with Crippen LogP contribution in [0.5, 0.6) is 0 Å². The number of carboxylic acids is 1. The SMILES string of the molecule is O=C(O)c1nn([C@@H]2O[C@H](CO)[C@@H](O)[C@H]2O)cc1I. The van der Waals surface area contributed by atoms with Gasteiger partial charge in [-0.1, -0.05) is 0 Å². The molecule has 8 nitrogen and oxygen atoms in total. The Balaban J connectivity index is 2.27. The predicted octanol–water partition coefficient (Wildman–Crippen LogP) is -1.20. The average molecular weight is 370 g/mol. The van der Waals surface area contributed by atoms with Crippen molar-refractivity contribution in [3.05, 3.63) is 15.5 Å². The molecule has 100 valence electrons. The maximum absolute atomic E-state index is 10.8. The van der Waals surface area contributed by atoms with Gasteiger partial charge in [0, 0.05) is 6.20 Å². The lowest BCUT2D eigenvalue weighted by atomic mass is 10.1. The van der Waals surface area contributed by atoms with Crippen LogP contribution in [0.2, 0.25) is 0 Å². The van der Waals surface area contributed by atoms with E-state index in [9.17, 15) is 15.0 Å². The molecular formula is C9H11IN2O6. The van der Waals surface area contributed by atoms with E-state index in [1.54, 1.807) is 22.6 Å². The minimum atomic E-state index is -1.28. The van der Waals surface area contributed by atoms with Gasteiger partial charge in [-0.05, 0) is 22.6 Å². The number of aliphatic hydroxyl groups excluding tert-OH is 3. The van der Waals surface area contributed by atoms with Crippen molar-refractivity contribution in [2.24, 2.45) is 0 Å². The van der Waals surface area contributed by atoms with E-state index in [0.717, 1.165) is 4.68 Å². The van der Waals surface area contributed by atoms with Gasteiger partial charge in [-0.15, -0.1) is 0 Å². The molecule has 0 bridgehead atoms. The zero-order valence-electron chi connectivity index (χ0n) is 8.97. The molecule has 0 amide bonds. The van der Waals surface area contributed by atoms with E-state index < -0.39 is 37.1 Å². The summed E-state index contributed by atoms with van der Waals surface area (Å²) >= 11 is 1.80. The number of aromatic carboxylic acids is 1. The quantitative estimate of drug-likeness (QED) is 0.493. The van der Waals surface area contributed by atoms with E-state index in [-0.39, 0.29) is 5.69 Å². The highest BCUT2D eigenvalue weighted by Gasteiger charge is 2.44. The number of carbonyl (C=O) groups is 1. The number of hydrogen-bond acceptors (Lipinski definition) is 6. The Hall–Kier alpha value is -0.750. The van der Waals surface area contributed by atoms with Crippen molar-refractivity contribution in [1.82, 2.24) is 9.78 Å². The van der Waals surface area contributed by atoms with Gasteiger partial charge in [-0.25, -0.2) is 9.48 Å². The number of hydrogen-bond donors (Lipinski definition) is 4. The first-order valence-corrected chi connectivity index (χ1v) is 6.14. The van der Waals surface area contributed by atoms with Crippen molar-refractivity contribution >= 4 is 28.6 Å². The number of aromatic nitrogens is 2. The van der Waals surface area contributed by atoms with Crippen LogP contribution >= 0.6 is 22.6 Å². The summed E-state index contributed by atoms with van der Waals surface area (Å²) in [6.45, 7) is -0.446. The Morgan fingerprint density at radius 1 is 1.50 bits per heavy atom. The van der Waals surface area contributed by atoms with E-state index in [2.05, 4.69) is 5.10 Å². The smallest absolute Gasteiger partial charge is 0.357 e. The van der Waals surface area contributed by atoms with Gasteiger partial charge in [0.1, 0.15) is 18.3 Å². The molecule has 2 heterocycles. The molecule has 1 aromatic rings. The van der Waals surface area contributed by atoms with Gasteiger partial charge in [0.15, 0.2) is 11.9 Å². The fourth-order valence-electron chi connectivity index (χ4n) is 1.74. The highest BCUT2D eigenvalue weighted by Crippen LogP contribution is 2.29. The molecule has 1 saturated heterocycles. The molecular weight excluding hydrogens is 359 g/mol. The maximum atomic E-state index is 10.8. The minimum Gasteiger partial charge on any atom is -0.476 e. The molecule has 18 heavy (non-hydrogen) atoms. The Labute approximate surface area is 115 Å². The number of rotatable bonds is 3. The van der Waals surface area contributed by atoms with Crippen molar-refractivity contribution in [1.29, 1.82) is 0 Å². The molecule has 0 aromatic carbocycles. The molecule has 1 aliphatic heterocycles. The molecule has 0 radical (unpaired) electrons. The minimum absolute atomic E-state index is 0.159. The summed E-state index contributed by atoms with van der Waals surface area (Å²) in [4.78, 5) is 10.8. The summed E-state index contributed by atoms with van der Waals surface area (Å²) in [5.41, 5.74) is -0.159. The second-order valence-electron chi connectivity index (χ2n) is 3.84. The second-order valence-corrected chi connectivity index (χ2v) is 5.00. The van der Waals surface area contributed by atoms with E-state index in [1.165, 1.54) is 6.20 Å². The Kier molecular flexibility index (Phi) is 3.87. The Bertz CT molecular complexity index is 464. The van der Waals surface area contributed by atoms with Crippen LogP contribution < -0.4 is 0 Å². The van der Waals surface area contributed by atoms with E-state index >= 15 is 0 Å². The first-order chi connectivity index (χ1) is 8.45. The van der Waals surface area contributed by atoms with Gasteiger partial charge in [0.2, 0.25) is 0 Å². The fraction of sp³-hybridized carbons (Fsp3) is 0.556. The summed E-state index contributed by atoms with van der Waals surface area (Å²) in [7, 11) is 0. The molecule has 9 heteroatoms. The molecule has 1 fully saturated rings. The highest BCUT2D eigenvalue weighted by atomic mass is 127. The molecule has 0 aliphatic carbocycles. The van der Waals surface area contributed by atoms with Crippen molar-refractivity contribution in [2.45, 2.75) is 24.5 Å². The zero-order chi connectivity index (χ0) is 13.4. The van der Waals surface area contributed by atoms with Gasteiger partial charge in [-0.3, -0.25) is 0 Å². The van der Waals surface area contributed by atoms with Gasteiger partial charge in [-0.2, -0.15) is 5.10 Å². The van der Waals surface area contributed by atoms with Crippen LogP contribution in [0.15, 0.2) is 6.20 Å². The summed E-state index contributed by atoms with van der Waals surface area (Å²) in [5.74, 6) is -1.19. The Morgan fingerprint density at radius 3 is 2.61 bits per heavy atom. The summed E-state index contributed by atoms with van der Waals surface area (Å²) in [5, 5.41) is 40.9. The van der Waals surface area contributed by atoms with Crippen LogP contribution in [-0.2, 0) is 4.74 Å². The molecule has 1 aliphatic rings. The topological polar surface area (TPSA) is 125 Å². The third-order valence-corrected chi connectivity index (χ3v) is 3.46. The summed E-state index contributed by atoms with van der Waals surface area (Å²) in [6, 6.07) is 0. The van der Waals surface area contributed by atoms with Crippen LogP contribution in [-0.4, -0.2) is 61.1 Å². The maximum Gasteiger partial charge on any atom is 0.357 e. The number of ether oxygens (including phenoxy) is 1. The Morgan fingerprint density at radius 2 is 2.17 bits per heavy atom. The van der Waals surface area contributed by atoms with Crippen LogP contribution in [0.4, 0.5) is 0 Å². The van der Waals surface area contributed by atoms with E-state index in [4.69, 9.17) is 14.9 Å². The van der Waals surface area contributed by atoms with Crippen LogP contribution in [0.1, 0.15) is 16.7 Å². The molecule has 0 unspecified atom stereocenters. The summed E-state index contributed by atoms with van der Waals surface area (Å²) < 4.78 is 6.74.